The molecule has 1 aromatic heterocycles. The predicted octanol–water partition coefficient (Wildman–Crippen LogP) is 2.09. The Labute approximate surface area is 92.2 Å². The molecule has 1 N–H and O–H groups in total. The van der Waals surface area contributed by atoms with E-state index < -0.39 is 0 Å². The number of hydrogen-bond acceptors (Lipinski definition) is 2. The summed E-state index contributed by atoms with van der Waals surface area (Å²) < 4.78 is 1.93. The zero-order chi connectivity index (χ0) is 11.4. The minimum atomic E-state index is 0.879. The molecule has 0 amide bonds. The molecule has 1 aromatic rings. The molecule has 0 saturated carbocycles. The van der Waals surface area contributed by atoms with Crippen molar-refractivity contribution in [2.45, 2.75) is 33.7 Å². The summed E-state index contributed by atoms with van der Waals surface area (Å²) in [4.78, 5) is 0. The summed E-state index contributed by atoms with van der Waals surface area (Å²) in [5.74, 6) is 0. The molecule has 0 unspecified atom stereocenters. The van der Waals surface area contributed by atoms with Gasteiger partial charge in [0.1, 0.15) is 0 Å². The molecule has 3 heteroatoms. The van der Waals surface area contributed by atoms with Crippen molar-refractivity contribution in [3.05, 3.63) is 29.1 Å². The third-order valence-corrected chi connectivity index (χ3v) is 2.84. The molecule has 1 heterocycles. The van der Waals surface area contributed by atoms with Gasteiger partial charge in [-0.2, -0.15) is 5.10 Å². The maximum absolute atomic E-state index is 4.38. The van der Waals surface area contributed by atoms with Crippen molar-refractivity contribution in [1.82, 2.24) is 15.1 Å². The van der Waals surface area contributed by atoms with Gasteiger partial charge >= 0.3 is 0 Å². The van der Waals surface area contributed by atoms with Crippen LogP contribution in [0.3, 0.4) is 0 Å². The van der Waals surface area contributed by atoms with Crippen molar-refractivity contribution in [3.63, 3.8) is 0 Å². The first-order chi connectivity index (χ1) is 7.06. The average Bonchev–Trinajstić information content (AvgIpc) is 2.44. The van der Waals surface area contributed by atoms with Crippen LogP contribution in [0.25, 0.3) is 0 Å². The fourth-order valence-electron chi connectivity index (χ4n) is 1.56. The Balaban J connectivity index is 2.54. The molecule has 0 saturated heterocycles. The highest BCUT2D eigenvalue weighted by Gasteiger charge is 2.07. The SMILES string of the molecule is C=C(CC)CNCc1c(C)nn(C)c1C. The van der Waals surface area contributed by atoms with Crippen molar-refractivity contribution in [2.24, 2.45) is 7.05 Å². The smallest absolute Gasteiger partial charge is 0.0641 e. The fourth-order valence-corrected chi connectivity index (χ4v) is 1.56. The van der Waals surface area contributed by atoms with Crippen LogP contribution in [-0.2, 0) is 13.6 Å². The van der Waals surface area contributed by atoms with Gasteiger partial charge in [-0.1, -0.05) is 19.1 Å². The second kappa shape index (κ2) is 5.12. The minimum absolute atomic E-state index is 0.879. The number of aromatic nitrogens is 2. The Morgan fingerprint density at radius 3 is 2.60 bits per heavy atom. The van der Waals surface area contributed by atoms with E-state index in [9.17, 15) is 0 Å². The van der Waals surface area contributed by atoms with Crippen LogP contribution in [0, 0.1) is 13.8 Å². The number of rotatable bonds is 5. The monoisotopic (exact) mass is 207 g/mol. The number of nitrogens with one attached hydrogen (secondary N) is 1. The first-order valence-electron chi connectivity index (χ1n) is 5.42. The number of nitrogens with zero attached hydrogens (tertiary/aromatic N) is 2. The van der Waals surface area contributed by atoms with Crippen LogP contribution in [0.2, 0.25) is 0 Å². The quantitative estimate of drug-likeness (QED) is 0.749. The molecule has 1 rings (SSSR count). The Hall–Kier alpha value is -1.09. The summed E-state index contributed by atoms with van der Waals surface area (Å²) in [6, 6.07) is 0. The van der Waals surface area contributed by atoms with E-state index in [0.717, 1.165) is 25.2 Å². The highest BCUT2D eigenvalue weighted by Crippen LogP contribution is 2.11. The van der Waals surface area contributed by atoms with Gasteiger partial charge < -0.3 is 5.32 Å². The lowest BCUT2D eigenvalue weighted by atomic mass is 10.2. The van der Waals surface area contributed by atoms with Gasteiger partial charge in [0.05, 0.1) is 5.69 Å². The van der Waals surface area contributed by atoms with E-state index in [0.29, 0.717) is 0 Å². The standard InChI is InChI=1S/C12H21N3/c1-6-9(2)7-13-8-12-10(3)14-15(5)11(12)4/h13H,2,6-8H2,1,3-5H3. The van der Waals surface area contributed by atoms with Crippen LogP contribution in [0.1, 0.15) is 30.3 Å². The molecule has 0 aliphatic heterocycles. The fraction of sp³-hybridized carbons (Fsp3) is 0.583. The largest absolute Gasteiger partial charge is 0.309 e. The summed E-state index contributed by atoms with van der Waals surface area (Å²) in [6.45, 7) is 12.0. The maximum atomic E-state index is 4.38. The van der Waals surface area contributed by atoms with Crippen molar-refractivity contribution >= 4 is 0 Å². The lowest BCUT2D eigenvalue weighted by Crippen LogP contribution is -2.16. The Bertz CT molecular complexity index is 350. The van der Waals surface area contributed by atoms with Crippen molar-refractivity contribution in [3.8, 4) is 0 Å². The lowest BCUT2D eigenvalue weighted by molar-refractivity contribution is 0.711. The van der Waals surface area contributed by atoms with E-state index in [2.05, 4.69) is 37.8 Å². The second-order valence-corrected chi connectivity index (χ2v) is 3.98. The normalized spacial score (nSPS) is 10.7. The third-order valence-electron chi connectivity index (χ3n) is 2.84. The van der Waals surface area contributed by atoms with Crippen molar-refractivity contribution in [2.75, 3.05) is 6.54 Å². The van der Waals surface area contributed by atoms with Crippen LogP contribution in [0.15, 0.2) is 12.2 Å². The molecule has 0 spiro atoms. The molecule has 0 aliphatic rings. The van der Waals surface area contributed by atoms with Gasteiger partial charge in [0.2, 0.25) is 0 Å². The van der Waals surface area contributed by atoms with E-state index in [1.165, 1.54) is 16.8 Å². The molecule has 84 valence electrons. The number of hydrogen-bond donors (Lipinski definition) is 1. The van der Waals surface area contributed by atoms with Crippen molar-refractivity contribution in [1.29, 1.82) is 0 Å². The van der Waals surface area contributed by atoms with Gasteiger partial charge in [0.25, 0.3) is 0 Å². The van der Waals surface area contributed by atoms with Crippen LogP contribution in [0.5, 0.6) is 0 Å². The molecule has 0 aliphatic carbocycles. The molecule has 15 heavy (non-hydrogen) atoms. The molecule has 0 aromatic carbocycles. The van der Waals surface area contributed by atoms with Gasteiger partial charge in [-0.15, -0.1) is 0 Å². The first-order valence-corrected chi connectivity index (χ1v) is 5.42. The van der Waals surface area contributed by atoms with E-state index in [1.807, 2.05) is 11.7 Å². The predicted molar refractivity (Wildman–Crippen MR) is 63.8 cm³/mol. The van der Waals surface area contributed by atoms with E-state index in [1.54, 1.807) is 0 Å². The minimum Gasteiger partial charge on any atom is -0.309 e. The zero-order valence-corrected chi connectivity index (χ0v) is 10.2. The van der Waals surface area contributed by atoms with Crippen LogP contribution < -0.4 is 5.32 Å². The summed E-state index contributed by atoms with van der Waals surface area (Å²) in [7, 11) is 1.98. The van der Waals surface area contributed by atoms with Crippen LogP contribution in [0.4, 0.5) is 0 Å². The van der Waals surface area contributed by atoms with Crippen molar-refractivity contribution < 1.29 is 0 Å². The summed E-state index contributed by atoms with van der Waals surface area (Å²) >= 11 is 0. The molecular formula is C12H21N3. The average molecular weight is 207 g/mol. The second-order valence-electron chi connectivity index (χ2n) is 3.98. The van der Waals surface area contributed by atoms with Crippen LogP contribution >= 0.6 is 0 Å². The highest BCUT2D eigenvalue weighted by atomic mass is 15.3. The highest BCUT2D eigenvalue weighted by molar-refractivity contribution is 5.24. The summed E-state index contributed by atoms with van der Waals surface area (Å²) in [6.07, 6.45) is 1.04. The summed E-state index contributed by atoms with van der Waals surface area (Å²) in [5.41, 5.74) is 4.90. The van der Waals surface area contributed by atoms with Gasteiger partial charge in [0, 0.05) is 31.4 Å². The molecule has 0 fully saturated rings. The van der Waals surface area contributed by atoms with Gasteiger partial charge in [-0.25, -0.2) is 0 Å². The molecule has 0 atom stereocenters. The molecule has 3 nitrogen and oxygen atoms in total. The van der Waals surface area contributed by atoms with E-state index >= 15 is 0 Å². The lowest BCUT2D eigenvalue weighted by Gasteiger charge is -2.06. The van der Waals surface area contributed by atoms with Gasteiger partial charge in [-0.05, 0) is 20.3 Å². The molecule has 0 radical (unpaired) electrons. The Morgan fingerprint density at radius 1 is 1.47 bits per heavy atom. The number of aryl methyl sites for hydroxylation is 2. The Morgan fingerprint density at radius 2 is 2.13 bits per heavy atom. The van der Waals surface area contributed by atoms with E-state index in [4.69, 9.17) is 0 Å². The Kier molecular flexibility index (Phi) is 4.09. The zero-order valence-electron chi connectivity index (χ0n) is 10.2. The first kappa shape index (κ1) is 12.0. The van der Waals surface area contributed by atoms with E-state index in [-0.39, 0.29) is 0 Å². The van der Waals surface area contributed by atoms with Crippen LogP contribution in [-0.4, -0.2) is 16.3 Å². The molecular weight excluding hydrogens is 186 g/mol. The summed E-state index contributed by atoms with van der Waals surface area (Å²) in [5, 5.41) is 7.78. The maximum Gasteiger partial charge on any atom is 0.0641 e. The van der Waals surface area contributed by atoms with Gasteiger partial charge in [0.15, 0.2) is 0 Å². The van der Waals surface area contributed by atoms with Gasteiger partial charge in [-0.3, -0.25) is 4.68 Å². The third kappa shape index (κ3) is 2.93. The molecule has 0 bridgehead atoms. The topological polar surface area (TPSA) is 29.9 Å².